The Hall–Kier alpha value is -1.54. The fourth-order valence-electron chi connectivity index (χ4n) is 1.19. The van der Waals surface area contributed by atoms with Crippen molar-refractivity contribution in [3.63, 3.8) is 0 Å². The van der Waals surface area contributed by atoms with Gasteiger partial charge in [0.1, 0.15) is 11.9 Å². The number of nitrogens with one attached hydrogen (secondary N) is 1. The zero-order valence-corrected chi connectivity index (χ0v) is 8.02. The summed E-state index contributed by atoms with van der Waals surface area (Å²) in [5.74, 6) is -3.35. The van der Waals surface area contributed by atoms with Crippen molar-refractivity contribution < 1.29 is 13.2 Å². The highest BCUT2D eigenvalue weighted by atomic mass is 19.2. The summed E-state index contributed by atoms with van der Waals surface area (Å²) in [6.45, 7) is 2.15. The minimum atomic E-state index is -1.26. The van der Waals surface area contributed by atoms with Crippen LogP contribution < -0.4 is 5.32 Å². The summed E-state index contributed by atoms with van der Waals surface area (Å²) in [4.78, 5) is 0. The molecule has 1 atom stereocenters. The summed E-state index contributed by atoms with van der Waals surface area (Å²) >= 11 is 0. The first-order chi connectivity index (χ1) is 7.10. The zero-order valence-electron chi connectivity index (χ0n) is 8.02. The van der Waals surface area contributed by atoms with E-state index in [2.05, 4.69) is 5.32 Å². The molecular weight excluding hydrogens is 205 g/mol. The third-order valence-corrected chi connectivity index (χ3v) is 1.89. The minimum Gasteiger partial charge on any atom is -0.298 e. The first-order valence-electron chi connectivity index (χ1n) is 4.37. The Bertz CT molecular complexity index is 398. The molecule has 5 heteroatoms. The van der Waals surface area contributed by atoms with Gasteiger partial charge in [0, 0.05) is 11.6 Å². The third-order valence-electron chi connectivity index (χ3n) is 1.89. The average molecular weight is 214 g/mol. The maximum atomic E-state index is 13.2. The topological polar surface area (TPSA) is 35.8 Å². The number of nitrogens with zero attached hydrogens (tertiary/aromatic N) is 1. The molecule has 0 spiro atoms. The van der Waals surface area contributed by atoms with Gasteiger partial charge in [0.2, 0.25) is 0 Å². The fraction of sp³-hybridized carbons (Fsp3) is 0.300. The molecule has 80 valence electrons. The molecule has 1 aromatic rings. The molecule has 0 bridgehead atoms. The van der Waals surface area contributed by atoms with E-state index in [-0.39, 0.29) is 5.56 Å². The van der Waals surface area contributed by atoms with Crippen molar-refractivity contribution in [3.05, 3.63) is 35.1 Å². The first kappa shape index (κ1) is 11.5. The summed E-state index contributed by atoms with van der Waals surface area (Å²) < 4.78 is 38.6. The maximum absolute atomic E-state index is 13.2. The van der Waals surface area contributed by atoms with Gasteiger partial charge in [-0.2, -0.15) is 5.26 Å². The van der Waals surface area contributed by atoms with Crippen molar-refractivity contribution in [1.29, 1.82) is 5.26 Å². The maximum Gasteiger partial charge on any atom is 0.161 e. The van der Waals surface area contributed by atoms with Crippen LogP contribution in [0.4, 0.5) is 13.2 Å². The van der Waals surface area contributed by atoms with Crippen LogP contribution in [0.5, 0.6) is 0 Å². The number of hydrogen-bond acceptors (Lipinski definition) is 2. The lowest BCUT2D eigenvalue weighted by Gasteiger charge is -2.11. The molecule has 1 aromatic carbocycles. The van der Waals surface area contributed by atoms with Gasteiger partial charge in [-0.05, 0) is 12.6 Å². The number of hydrogen-bond donors (Lipinski definition) is 1. The molecule has 0 aliphatic rings. The predicted molar refractivity (Wildman–Crippen MR) is 48.3 cm³/mol. The third kappa shape index (κ3) is 2.48. The van der Waals surface area contributed by atoms with E-state index in [9.17, 15) is 13.2 Å². The van der Waals surface area contributed by atoms with Crippen LogP contribution in [0.15, 0.2) is 12.1 Å². The summed E-state index contributed by atoms with van der Waals surface area (Å²) in [5, 5.41) is 11.3. The zero-order chi connectivity index (χ0) is 11.4. The molecule has 15 heavy (non-hydrogen) atoms. The largest absolute Gasteiger partial charge is 0.298 e. The first-order valence-corrected chi connectivity index (χ1v) is 4.37. The summed E-state index contributed by atoms with van der Waals surface area (Å²) in [6.07, 6.45) is 0. The van der Waals surface area contributed by atoms with Crippen molar-refractivity contribution in [2.24, 2.45) is 0 Å². The van der Waals surface area contributed by atoms with Gasteiger partial charge in [-0.1, -0.05) is 6.92 Å². The van der Waals surface area contributed by atoms with E-state index < -0.39 is 23.5 Å². The Morgan fingerprint density at radius 2 is 1.87 bits per heavy atom. The predicted octanol–water partition coefficient (Wildman–Crippen LogP) is 2.28. The number of halogens is 3. The van der Waals surface area contributed by atoms with E-state index in [1.807, 2.05) is 0 Å². The van der Waals surface area contributed by atoms with Crippen LogP contribution in [-0.2, 0) is 0 Å². The van der Waals surface area contributed by atoms with Crippen molar-refractivity contribution in [1.82, 2.24) is 5.32 Å². The van der Waals surface area contributed by atoms with Crippen molar-refractivity contribution >= 4 is 0 Å². The Labute approximate surface area is 85.3 Å². The van der Waals surface area contributed by atoms with Crippen LogP contribution in [-0.4, -0.2) is 6.54 Å². The number of benzene rings is 1. The van der Waals surface area contributed by atoms with E-state index in [1.54, 1.807) is 13.0 Å². The Kier molecular flexibility index (Phi) is 3.69. The Morgan fingerprint density at radius 1 is 1.27 bits per heavy atom. The van der Waals surface area contributed by atoms with E-state index in [0.29, 0.717) is 18.7 Å². The van der Waals surface area contributed by atoms with Crippen LogP contribution >= 0.6 is 0 Å². The van der Waals surface area contributed by atoms with Crippen LogP contribution in [0.25, 0.3) is 0 Å². The minimum absolute atomic E-state index is 0.182. The quantitative estimate of drug-likeness (QED) is 0.783. The van der Waals surface area contributed by atoms with Gasteiger partial charge >= 0.3 is 0 Å². The smallest absolute Gasteiger partial charge is 0.161 e. The van der Waals surface area contributed by atoms with Gasteiger partial charge in [-0.25, -0.2) is 13.2 Å². The second-order valence-corrected chi connectivity index (χ2v) is 2.91. The van der Waals surface area contributed by atoms with Gasteiger partial charge in [0.15, 0.2) is 11.6 Å². The van der Waals surface area contributed by atoms with Crippen LogP contribution in [0.2, 0.25) is 0 Å². The highest BCUT2D eigenvalue weighted by Crippen LogP contribution is 2.19. The van der Waals surface area contributed by atoms with Gasteiger partial charge < -0.3 is 0 Å². The molecule has 0 fully saturated rings. The van der Waals surface area contributed by atoms with Gasteiger partial charge in [-0.15, -0.1) is 0 Å². The molecule has 1 rings (SSSR count). The molecule has 0 saturated heterocycles. The van der Waals surface area contributed by atoms with Crippen molar-refractivity contribution in [2.75, 3.05) is 6.54 Å². The average Bonchev–Trinajstić information content (AvgIpc) is 2.20. The molecule has 0 saturated carbocycles. The molecule has 0 aromatic heterocycles. The van der Waals surface area contributed by atoms with E-state index in [1.165, 1.54) is 0 Å². The molecule has 0 aliphatic carbocycles. The molecule has 0 aliphatic heterocycles. The second-order valence-electron chi connectivity index (χ2n) is 2.91. The second kappa shape index (κ2) is 4.80. The standard InChI is InChI=1S/C10H9F3N2/c1-2-15-10(5-14)6-3-8(12)9(13)4-7(6)11/h3-4,10,15H,2H2,1H3. The number of nitriles is 1. The van der Waals surface area contributed by atoms with Gasteiger partial charge in [0.25, 0.3) is 0 Å². The number of rotatable bonds is 3. The lowest BCUT2D eigenvalue weighted by molar-refractivity contribution is 0.483. The monoisotopic (exact) mass is 214 g/mol. The normalized spacial score (nSPS) is 12.2. The highest BCUT2D eigenvalue weighted by Gasteiger charge is 2.17. The molecule has 0 radical (unpaired) electrons. The molecule has 0 heterocycles. The van der Waals surface area contributed by atoms with Crippen LogP contribution in [0.3, 0.4) is 0 Å². The lowest BCUT2D eigenvalue weighted by atomic mass is 10.1. The Morgan fingerprint density at radius 3 is 2.40 bits per heavy atom. The fourth-order valence-corrected chi connectivity index (χ4v) is 1.19. The van der Waals surface area contributed by atoms with Crippen LogP contribution in [0.1, 0.15) is 18.5 Å². The molecular formula is C10H9F3N2. The van der Waals surface area contributed by atoms with E-state index in [4.69, 9.17) is 5.26 Å². The van der Waals surface area contributed by atoms with Gasteiger partial charge in [-0.3, -0.25) is 5.32 Å². The molecule has 0 amide bonds. The van der Waals surface area contributed by atoms with E-state index >= 15 is 0 Å². The summed E-state index contributed by atoms with van der Waals surface area (Å²) in [7, 11) is 0. The molecule has 1 unspecified atom stereocenters. The lowest BCUT2D eigenvalue weighted by Crippen LogP contribution is -2.20. The van der Waals surface area contributed by atoms with Crippen molar-refractivity contribution in [2.45, 2.75) is 13.0 Å². The highest BCUT2D eigenvalue weighted by molar-refractivity contribution is 5.27. The van der Waals surface area contributed by atoms with Gasteiger partial charge in [0.05, 0.1) is 6.07 Å². The summed E-state index contributed by atoms with van der Waals surface area (Å²) in [5.41, 5.74) is -0.182. The SMILES string of the molecule is CCNC(C#N)c1cc(F)c(F)cc1F. The molecule has 2 nitrogen and oxygen atoms in total. The molecule has 1 N–H and O–H groups in total. The van der Waals surface area contributed by atoms with E-state index in [0.717, 1.165) is 0 Å². The summed E-state index contributed by atoms with van der Waals surface area (Å²) in [6, 6.07) is 1.93. The van der Waals surface area contributed by atoms with Crippen molar-refractivity contribution in [3.8, 4) is 6.07 Å². The van der Waals surface area contributed by atoms with Crippen LogP contribution in [0, 0.1) is 28.8 Å². The Balaban J connectivity index is 3.13.